The topological polar surface area (TPSA) is 379 Å². The molecule has 27 heteroatoms. The maximum Gasteiger partial charge on any atom is 0.372 e. The molecule has 12 rings (SSSR count). The minimum absolute atomic E-state index is 0. The fourth-order valence-corrected chi connectivity index (χ4v) is 12.3. The van der Waals surface area contributed by atoms with Gasteiger partial charge in [-0.25, -0.2) is 49.1 Å². The van der Waals surface area contributed by atoms with Gasteiger partial charge in [0.05, 0.1) is 123 Å². The maximum atomic E-state index is 11.6. The number of hydrogen-bond donors (Lipinski definition) is 7. The van der Waals surface area contributed by atoms with Crippen LogP contribution >= 0.6 is 34.0 Å². The van der Waals surface area contributed by atoms with Crippen molar-refractivity contribution >= 4 is 126 Å². The Kier molecular flexibility index (Phi) is 17.5. The molecule has 0 radical (unpaired) electrons. The van der Waals surface area contributed by atoms with Crippen molar-refractivity contribution in [1.29, 1.82) is 0 Å². The molecule has 0 amide bonds. The first-order chi connectivity index (χ1) is 40.1. The number of carboxylic acid groups (broad SMARTS) is 3. The van der Waals surface area contributed by atoms with Gasteiger partial charge in [0.15, 0.2) is 0 Å². The van der Waals surface area contributed by atoms with E-state index < -0.39 is 53.9 Å². The normalized spacial score (nSPS) is 12.1. The van der Waals surface area contributed by atoms with Crippen molar-refractivity contribution in [3.63, 3.8) is 0 Å². The Labute approximate surface area is 491 Å². The van der Waals surface area contributed by atoms with Crippen LogP contribution < -0.4 is 22.2 Å². The van der Waals surface area contributed by atoms with Crippen molar-refractivity contribution in [3.8, 4) is 31.7 Å². The highest BCUT2D eigenvalue weighted by Gasteiger charge is 2.21. The number of carbonyl (C=O) groups excluding carboxylic acids is 1. The van der Waals surface area contributed by atoms with Gasteiger partial charge < -0.3 is 21.5 Å². The van der Waals surface area contributed by atoms with Crippen molar-refractivity contribution < 1.29 is 70.6 Å². The zero-order chi connectivity index (χ0) is 59.5. The highest BCUT2D eigenvalue weighted by Crippen LogP contribution is 2.33. The average Bonchev–Trinajstić information content (AvgIpc) is 3.52. The third-order valence-corrected chi connectivity index (χ3v) is 17.1. The van der Waals surface area contributed by atoms with Crippen molar-refractivity contribution in [3.05, 3.63) is 220 Å². The fraction of sp³-hybridized carbons (Fsp3) is 0. The number of fused-ring (bicyclic) bond motifs is 6. The first kappa shape index (κ1) is 59.7. The quantitative estimate of drug-likeness (QED) is 0.0305. The van der Waals surface area contributed by atoms with E-state index in [0.717, 1.165) is 87.0 Å². The number of quaternary nitrogens is 1. The molecule has 0 spiro atoms. The van der Waals surface area contributed by atoms with Crippen LogP contribution in [0.5, 0.6) is 0 Å². The van der Waals surface area contributed by atoms with Gasteiger partial charge in [-0.3, -0.25) is 14.0 Å². The Hall–Kier alpha value is -9.94. The number of para-hydroxylation sites is 3. The number of aromatic nitrogens is 3. The third kappa shape index (κ3) is 14.1. The summed E-state index contributed by atoms with van der Waals surface area (Å²) in [7, 11) is -9.25. The van der Waals surface area contributed by atoms with Crippen LogP contribution in [0.15, 0.2) is 207 Å². The second-order valence-corrected chi connectivity index (χ2v) is 23.8. The summed E-state index contributed by atoms with van der Waals surface area (Å²) in [5, 5.41) is 37.7. The van der Waals surface area contributed by atoms with E-state index in [9.17, 15) is 60.4 Å². The molecule has 3 aliphatic carbocycles. The van der Waals surface area contributed by atoms with E-state index in [2.05, 4.69) is 34.8 Å². The first-order valence-corrected chi connectivity index (χ1v) is 29.5. The van der Waals surface area contributed by atoms with Crippen LogP contribution in [0.25, 0.3) is 62.4 Å². The summed E-state index contributed by atoms with van der Waals surface area (Å²) in [5.41, 5.74) is 4.74. The van der Waals surface area contributed by atoms with E-state index in [1.165, 1.54) is 35.6 Å². The second kappa shape index (κ2) is 24.9. The first-order valence-electron chi connectivity index (χ1n) is 24.1. The van der Waals surface area contributed by atoms with Gasteiger partial charge in [0.1, 0.15) is 4.90 Å². The molecule has 426 valence electrons. The van der Waals surface area contributed by atoms with Crippen LogP contribution in [0.2, 0.25) is 0 Å². The number of hydrogen-bond acceptors (Lipinski definition) is 19. The number of carboxylic acids is 3. The Morgan fingerprint density at radius 1 is 0.424 bits per heavy atom. The summed E-state index contributed by atoms with van der Waals surface area (Å²) in [6.45, 7) is 0. The SMILES string of the molecule is O=C(O)c1cc(N=c2ccc3nc4ccccc4sc-3c2)cc(C(=O)O)c1.O=C(O)c1cc(N=c2ccc3nc4ccccc4sc-3c2)cc(C(=O)OO)c1.O=S(=O)(O)c1ccc(S(=O)(=O)O)c(N=c2ccc3nc4ccccc4sc-3c2)c1.[NH4+]. The molecule has 6 aromatic carbocycles. The molecule has 0 saturated heterocycles. The van der Waals surface area contributed by atoms with E-state index in [1.54, 1.807) is 53.0 Å². The number of rotatable bonds is 9. The lowest BCUT2D eigenvalue weighted by Crippen LogP contribution is -2.06. The highest BCUT2D eigenvalue weighted by molar-refractivity contribution is 7.86. The number of aromatic carboxylic acids is 3. The maximum absolute atomic E-state index is 11.6. The standard InChI is InChI=1S/C20H12N2O5S.C20H12N2O4S.C18H12N2O6S3.H3N/c23-19(24)11-7-12(20(25)27-26)9-14(8-11)21-13-5-6-16-18(10-13)28-17-4-2-1-3-15(17)22-16;23-19(24)11-7-12(20(25)26)9-14(8-11)21-13-5-6-16-18(10-13)27-17-4-2-1-3-15(17)22-16;21-28(22,23)12-6-8-18(29(24,25)26)15(10-12)19-11-5-7-14-17(9-11)27-16-4-2-1-3-13(16)20-14;/h1-10,26H,(H,23,24);1-10H,(H,23,24)(H,25,26);1-10H,(H,21,22,23)(H,24,25,26);1H3/p+1. The summed E-state index contributed by atoms with van der Waals surface area (Å²) >= 11 is 4.62. The van der Waals surface area contributed by atoms with Gasteiger partial charge in [0.25, 0.3) is 20.2 Å². The molecular formula is C58H40N7O15S5+. The second-order valence-electron chi connectivity index (χ2n) is 17.7. The minimum Gasteiger partial charge on any atom is -0.478 e. The number of carbonyl (C=O) groups is 4. The van der Waals surface area contributed by atoms with Crippen LogP contribution in [0.3, 0.4) is 0 Å². The van der Waals surface area contributed by atoms with Crippen molar-refractivity contribution in [2.24, 2.45) is 15.0 Å². The van der Waals surface area contributed by atoms with E-state index in [1.807, 2.05) is 97.1 Å². The molecule has 0 unspecified atom stereocenters. The van der Waals surface area contributed by atoms with E-state index in [0.29, 0.717) is 21.8 Å². The van der Waals surface area contributed by atoms with Gasteiger partial charge in [-0.05, 0) is 146 Å². The van der Waals surface area contributed by atoms with Crippen LogP contribution in [0.4, 0.5) is 17.1 Å². The molecule has 85 heavy (non-hydrogen) atoms. The largest absolute Gasteiger partial charge is 0.478 e. The van der Waals surface area contributed by atoms with Crippen LogP contribution in [-0.4, -0.2) is 85.3 Å². The lowest BCUT2D eigenvalue weighted by atomic mass is 10.1. The molecule has 3 aliphatic heterocycles. The van der Waals surface area contributed by atoms with Crippen molar-refractivity contribution in [2.75, 3.05) is 0 Å². The molecule has 22 nitrogen and oxygen atoms in total. The number of benzene rings is 9. The van der Waals surface area contributed by atoms with Gasteiger partial charge in [0.2, 0.25) is 0 Å². The van der Waals surface area contributed by atoms with Crippen LogP contribution in [0, 0.1) is 0 Å². The van der Waals surface area contributed by atoms with Crippen molar-refractivity contribution in [1.82, 2.24) is 21.1 Å². The van der Waals surface area contributed by atoms with E-state index >= 15 is 0 Å². The molecule has 6 aromatic rings. The summed E-state index contributed by atoms with van der Waals surface area (Å²) in [6.07, 6.45) is 0. The number of nitrogens with zero attached hydrogens (tertiary/aromatic N) is 6. The fourth-order valence-electron chi connectivity index (χ4n) is 8.18. The van der Waals surface area contributed by atoms with E-state index in [-0.39, 0.29) is 45.5 Å². The molecule has 6 aliphatic rings. The molecule has 0 atom stereocenters. The molecule has 0 bridgehead atoms. The predicted molar refractivity (Wildman–Crippen MR) is 318 cm³/mol. The Bertz CT molecular complexity index is 4980. The zero-order valence-corrected chi connectivity index (χ0v) is 47.5. The molecule has 0 saturated carbocycles. The Balaban J connectivity index is 0.000000152. The Morgan fingerprint density at radius 2 is 0.788 bits per heavy atom. The third-order valence-electron chi connectivity index (χ3n) is 12.0. The summed E-state index contributed by atoms with van der Waals surface area (Å²) in [6, 6.07) is 49.3. The summed E-state index contributed by atoms with van der Waals surface area (Å²) in [5.74, 6) is -4.69. The van der Waals surface area contributed by atoms with Gasteiger partial charge in [-0.15, -0.1) is 34.0 Å². The van der Waals surface area contributed by atoms with Crippen LogP contribution in [0.1, 0.15) is 41.4 Å². The predicted octanol–water partition coefficient (Wildman–Crippen LogP) is 11.5. The lowest BCUT2D eigenvalue weighted by Gasteiger charge is -2.07. The molecule has 3 heterocycles. The Morgan fingerprint density at radius 3 is 1.15 bits per heavy atom. The molecule has 0 fully saturated rings. The smallest absolute Gasteiger partial charge is 0.372 e. The van der Waals surface area contributed by atoms with Gasteiger partial charge in [-0.2, -0.15) is 22.1 Å². The molecule has 0 aromatic heterocycles. The highest BCUT2D eigenvalue weighted by atomic mass is 32.2. The summed E-state index contributed by atoms with van der Waals surface area (Å²) < 4.78 is 67.7. The molecule has 10 N–H and O–H groups in total. The monoisotopic (exact) mass is 1230 g/mol. The van der Waals surface area contributed by atoms with Gasteiger partial charge in [0, 0.05) is 0 Å². The lowest BCUT2D eigenvalue weighted by molar-refractivity contribution is -0.182. The zero-order valence-electron chi connectivity index (χ0n) is 43.4. The van der Waals surface area contributed by atoms with Crippen LogP contribution in [-0.2, 0) is 25.1 Å². The van der Waals surface area contributed by atoms with Crippen molar-refractivity contribution in [2.45, 2.75) is 9.79 Å². The molecular weight excluding hydrogens is 1200 g/mol. The minimum atomic E-state index is -4.67. The average molecular weight is 1240 g/mol. The van der Waals surface area contributed by atoms with E-state index in [4.69, 9.17) is 5.26 Å². The summed E-state index contributed by atoms with van der Waals surface area (Å²) in [4.78, 5) is 77.4. The van der Waals surface area contributed by atoms with Gasteiger partial charge >= 0.3 is 23.9 Å². The van der Waals surface area contributed by atoms with Gasteiger partial charge in [-0.1, -0.05) is 36.4 Å².